The van der Waals surface area contributed by atoms with Crippen molar-refractivity contribution in [3.05, 3.63) is 29.3 Å². The van der Waals surface area contributed by atoms with E-state index < -0.39 is 12.1 Å². The SMILES string of the molecule is CCCC(NC(=O)Nc1ccc(Cl)cc1)/C(N)=N/O. The summed E-state index contributed by atoms with van der Waals surface area (Å²) in [5.74, 6) is -0.0203. The van der Waals surface area contributed by atoms with E-state index in [0.717, 1.165) is 6.42 Å². The van der Waals surface area contributed by atoms with Gasteiger partial charge in [-0.2, -0.15) is 0 Å². The van der Waals surface area contributed by atoms with Crippen LogP contribution in [0.1, 0.15) is 19.8 Å². The molecule has 0 saturated heterocycles. The summed E-state index contributed by atoms with van der Waals surface area (Å²) in [5.41, 5.74) is 6.11. The molecule has 0 aliphatic rings. The predicted octanol–water partition coefficient (Wildman–Crippen LogP) is 2.38. The second kappa shape index (κ2) is 7.48. The molecule has 1 aromatic carbocycles. The van der Waals surface area contributed by atoms with E-state index in [1.54, 1.807) is 24.3 Å². The standard InChI is InChI=1S/C12H17ClN4O2/c1-2-3-10(11(14)17-19)16-12(18)15-9-6-4-8(13)5-7-9/h4-7,10,19H,2-3H2,1H3,(H2,14,17)(H2,15,16,18). The number of anilines is 1. The molecule has 0 fully saturated rings. The molecule has 1 atom stereocenters. The smallest absolute Gasteiger partial charge is 0.319 e. The zero-order valence-electron chi connectivity index (χ0n) is 10.6. The van der Waals surface area contributed by atoms with E-state index in [0.29, 0.717) is 17.1 Å². The van der Waals surface area contributed by atoms with Crippen LogP contribution in [0.4, 0.5) is 10.5 Å². The summed E-state index contributed by atoms with van der Waals surface area (Å²) >= 11 is 5.75. The molecule has 2 amide bonds. The van der Waals surface area contributed by atoms with Crippen molar-refractivity contribution in [1.82, 2.24) is 5.32 Å². The Morgan fingerprint density at radius 2 is 2.11 bits per heavy atom. The van der Waals surface area contributed by atoms with Crippen molar-refractivity contribution >= 4 is 29.2 Å². The number of amides is 2. The highest BCUT2D eigenvalue weighted by molar-refractivity contribution is 6.30. The number of amidine groups is 1. The summed E-state index contributed by atoms with van der Waals surface area (Å²) in [6, 6.07) is 5.78. The van der Waals surface area contributed by atoms with Crippen molar-refractivity contribution in [2.45, 2.75) is 25.8 Å². The fourth-order valence-electron chi connectivity index (χ4n) is 1.51. The highest BCUT2D eigenvalue weighted by Crippen LogP contribution is 2.13. The lowest BCUT2D eigenvalue weighted by Crippen LogP contribution is -2.46. The van der Waals surface area contributed by atoms with E-state index in [4.69, 9.17) is 22.5 Å². The van der Waals surface area contributed by atoms with Crippen molar-refractivity contribution in [3.63, 3.8) is 0 Å². The van der Waals surface area contributed by atoms with Crippen LogP contribution in [0.5, 0.6) is 0 Å². The molecule has 0 aromatic heterocycles. The largest absolute Gasteiger partial charge is 0.409 e. The number of nitrogens with one attached hydrogen (secondary N) is 2. The third-order valence-electron chi connectivity index (χ3n) is 2.46. The summed E-state index contributed by atoms with van der Waals surface area (Å²) in [6.07, 6.45) is 1.38. The molecule has 7 heteroatoms. The molecule has 0 radical (unpaired) electrons. The third kappa shape index (κ3) is 5.05. The molecule has 1 aromatic rings. The van der Waals surface area contributed by atoms with Crippen LogP contribution in [-0.4, -0.2) is 23.1 Å². The van der Waals surface area contributed by atoms with Crippen LogP contribution in [0.25, 0.3) is 0 Å². The fraction of sp³-hybridized carbons (Fsp3) is 0.333. The number of carbonyl (C=O) groups is 1. The van der Waals surface area contributed by atoms with Crippen molar-refractivity contribution in [2.75, 3.05) is 5.32 Å². The Morgan fingerprint density at radius 3 is 2.63 bits per heavy atom. The minimum absolute atomic E-state index is 0.0203. The monoisotopic (exact) mass is 284 g/mol. The summed E-state index contributed by atoms with van der Waals surface area (Å²) in [6.45, 7) is 1.94. The van der Waals surface area contributed by atoms with Crippen molar-refractivity contribution in [1.29, 1.82) is 0 Å². The maximum absolute atomic E-state index is 11.8. The van der Waals surface area contributed by atoms with Gasteiger partial charge in [0.05, 0.1) is 6.04 Å². The van der Waals surface area contributed by atoms with Gasteiger partial charge < -0.3 is 21.6 Å². The van der Waals surface area contributed by atoms with E-state index in [-0.39, 0.29) is 5.84 Å². The maximum Gasteiger partial charge on any atom is 0.319 e. The highest BCUT2D eigenvalue weighted by atomic mass is 35.5. The molecule has 5 N–H and O–H groups in total. The van der Waals surface area contributed by atoms with Gasteiger partial charge >= 0.3 is 6.03 Å². The van der Waals surface area contributed by atoms with Crippen LogP contribution in [0.15, 0.2) is 29.4 Å². The first-order chi connectivity index (χ1) is 9.06. The Labute approximate surface area is 116 Å². The van der Waals surface area contributed by atoms with E-state index >= 15 is 0 Å². The number of urea groups is 1. The van der Waals surface area contributed by atoms with E-state index in [9.17, 15) is 4.79 Å². The molecule has 104 valence electrons. The summed E-state index contributed by atoms with van der Waals surface area (Å²) < 4.78 is 0. The van der Waals surface area contributed by atoms with Gasteiger partial charge in [-0.25, -0.2) is 4.79 Å². The Hall–Kier alpha value is -1.95. The Kier molecular flexibility index (Phi) is 5.95. The first-order valence-corrected chi connectivity index (χ1v) is 6.25. The van der Waals surface area contributed by atoms with Gasteiger partial charge in [0, 0.05) is 10.7 Å². The molecule has 0 heterocycles. The first-order valence-electron chi connectivity index (χ1n) is 5.87. The van der Waals surface area contributed by atoms with E-state index in [2.05, 4.69) is 15.8 Å². The Morgan fingerprint density at radius 1 is 1.47 bits per heavy atom. The van der Waals surface area contributed by atoms with Gasteiger partial charge in [-0.3, -0.25) is 0 Å². The van der Waals surface area contributed by atoms with E-state index in [1.807, 2.05) is 6.92 Å². The molecule has 1 unspecified atom stereocenters. The molecule has 1 rings (SSSR count). The zero-order chi connectivity index (χ0) is 14.3. The number of oxime groups is 1. The van der Waals surface area contributed by atoms with Crippen molar-refractivity contribution in [3.8, 4) is 0 Å². The van der Waals surface area contributed by atoms with Gasteiger partial charge in [0.1, 0.15) is 0 Å². The number of rotatable bonds is 5. The van der Waals surface area contributed by atoms with Gasteiger partial charge in [-0.1, -0.05) is 30.1 Å². The minimum atomic E-state index is -0.498. The number of hydrogen-bond donors (Lipinski definition) is 4. The number of benzene rings is 1. The topological polar surface area (TPSA) is 99.7 Å². The number of nitrogens with two attached hydrogens (primary N) is 1. The molecule has 0 bridgehead atoms. The number of nitrogens with zero attached hydrogens (tertiary/aromatic N) is 1. The van der Waals surface area contributed by atoms with Crippen LogP contribution < -0.4 is 16.4 Å². The van der Waals surface area contributed by atoms with Crippen LogP contribution >= 0.6 is 11.6 Å². The van der Waals surface area contributed by atoms with Gasteiger partial charge in [-0.15, -0.1) is 0 Å². The number of carbonyl (C=O) groups excluding carboxylic acids is 1. The molecular weight excluding hydrogens is 268 g/mol. The molecule has 0 aliphatic carbocycles. The highest BCUT2D eigenvalue weighted by Gasteiger charge is 2.15. The van der Waals surface area contributed by atoms with Crippen molar-refractivity contribution < 1.29 is 10.0 Å². The zero-order valence-corrected chi connectivity index (χ0v) is 11.3. The molecule has 0 aliphatic heterocycles. The van der Waals surface area contributed by atoms with E-state index in [1.165, 1.54) is 0 Å². The first kappa shape index (κ1) is 15.1. The lowest BCUT2D eigenvalue weighted by atomic mass is 10.1. The van der Waals surface area contributed by atoms with Crippen LogP contribution in [0, 0.1) is 0 Å². The van der Waals surface area contributed by atoms with Crippen molar-refractivity contribution in [2.24, 2.45) is 10.9 Å². The van der Waals surface area contributed by atoms with Gasteiger partial charge in [-0.05, 0) is 30.7 Å². The minimum Gasteiger partial charge on any atom is -0.409 e. The molecular formula is C12H17ClN4O2. The second-order valence-corrected chi connectivity index (χ2v) is 4.41. The predicted molar refractivity (Wildman–Crippen MR) is 75.7 cm³/mol. The van der Waals surface area contributed by atoms with Gasteiger partial charge in [0.2, 0.25) is 0 Å². The summed E-state index contributed by atoms with van der Waals surface area (Å²) in [7, 11) is 0. The second-order valence-electron chi connectivity index (χ2n) is 3.97. The summed E-state index contributed by atoms with van der Waals surface area (Å²) in [4.78, 5) is 11.8. The van der Waals surface area contributed by atoms with Gasteiger partial charge in [0.25, 0.3) is 0 Å². The maximum atomic E-state index is 11.8. The Balaban J connectivity index is 2.60. The fourth-order valence-corrected chi connectivity index (χ4v) is 1.64. The molecule has 0 spiro atoms. The molecule has 19 heavy (non-hydrogen) atoms. The lowest BCUT2D eigenvalue weighted by Gasteiger charge is -2.17. The lowest BCUT2D eigenvalue weighted by molar-refractivity contribution is 0.250. The van der Waals surface area contributed by atoms with Crippen LogP contribution in [-0.2, 0) is 0 Å². The number of hydrogen-bond acceptors (Lipinski definition) is 3. The number of halogens is 1. The quantitative estimate of drug-likeness (QED) is 0.289. The average Bonchev–Trinajstić information content (AvgIpc) is 2.40. The van der Waals surface area contributed by atoms with Gasteiger partial charge in [0.15, 0.2) is 5.84 Å². The van der Waals surface area contributed by atoms with Crippen LogP contribution in [0.3, 0.4) is 0 Å². The normalized spacial score (nSPS) is 12.8. The summed E-state index contributed by atoms with van der Waals surface area (Å²) in [5, 5.41) is 17.4. The Bertz CT molecular complexity index is 448. The van der Waals surface area contributed by atoms with Crippen LogP contribution in [0.2, 0.25) is 5.02 Å². The third-order valence-corrected chi connectivity index (χ3v) is 2.71. The molecule has 6 nitrogen and oxygen atoms in total. The average molecular weight is 285 g/mol. The molecule has 0 saturated carbocycles.